The maximum Gasteiger partial charge on any atom is 0.251 e. The smallest absolute Gasteiger partial charge is 0.251 e. The van der Waals surface area contributed by atoms with E-state index in [9.17, 15) is 4.79 Å². The summed E-state index contributed by atoms with van der Waals surface area (Å²) >= 11 is 0. The number of hydrogen-bond donors (Lipinski definition) is 2. The summed E-state index contributed by atoms with van der Waals surface area (Å²) in [6, 6.07) is 21.7. The highest BCUT2D eigenvalue weighted by atomic mass is 16.1. The van der Waals surface area contributed by atoms with Gasteiger partial charge < -0.3 is 10.6 Å². The zero-order chi connectivity index (χ0) is 22.0. The van der Waals surface area contributed by atoms with Gasteiger partial charge in [-0.1, -0.05) is 62.4 Å². The van der Waals surface area contributed by atoms with Gasteiger partial charge in [0.15, 0.2) is 0 Å². The van der Waals surface area contributed by atoms with Gasteiger partial charge in [-0.2, -0.15) is 0 Å². The van der Waals surface area contributed by atoms with Crippen LogP contribution >= 0.6 is 0 Å². The summed E-state index contributed by atoms with van der Waals surface area (Å²) in [4.78, 5) is 16.9. The molecule has 2 N–H and O–H groups in total. The van der Waals surface area contributed by atoms with Crippen LogP contribution in [0.3, 0.4) is 0 Å². The van der Waals surface area contributed by atoms with Crippen LogP contribution in [0.4, 0.5) is 11.4 Å². The highest BCUT2D eigenvalue weighted by molar-refractivity contribution is 5.95. The van der Waals surface area contributed by atoms with Gasteiger partial charge in [0, 0.05) is 29.7 Å². The molecule has 4 rings (SSSR count). The predicted octanol–water partition coefficient (Wildman–Crippen LogP) is 6.70. The van der Waals surface area contributed by atoms with Crippen molar-refractivity contribution in [1.82, 2.24) is 10.3 Å². The Kier molecular flexibility index (Phi) is 7.69. The second-order valence-corrected chi connectivity index (χ2v) is 8.46. The van der Waals surface area contributed by atoms with Gasteiger partial charge in [0.05, 0.1) is 5.69 Å². The Labute approximate surface area is 190 Å². The lowest BCUT2D eigenvalue weighted by atomic mass is 9.87. The first-order valence-electron chi connectivity index (χ1n) is 11.6. The minimum absolute atomic E-state index is 0.000494. The van der Waals surface area contributed by atoms with Crippen LogP contribution < -0.4 is 10.6 Å². The van der Waals surface area contributed by atoms with Crippen molar-refractivity contribution in [2.24, 2.45) is 5.92 Å². The molecule has 2 aromatic carbocycles. The molecule has 1 amide bonds. The number of rotatable bonds is 8. The highest BCUT2D eigenvalue weighted by Crippen LogP contribution is 2.26. The Morgan fingerprint density at radius 2 is 1.75 bits per heavy atom. The van der Waals surface area contributed by atoms with Crippen molar-refractivity contribution < 1.29 is 4.79 Å². The minimum Gasteiger partial charge on any atom is -0.356 e. The van der Waals surface area contributed by atoms with E-state index in [0.717, 1.165) is 41.5 Å². The Morgan fingerprint density at radius 3 is 2.53 bits per heavy atom. The van der Waals surface area contributed by atoms with E-state index in [1.54, 1.807) is 6.20 Å². The molecule has 1 heterocycles. The fraction of sp³-hybridized carbons (Fsp3) is 0.286. The highest BCUT2D eigenvalue weighted by Gasteiger charge is 2.13. The van der Waals surface area contributed by atoms with Gasteiger partial charge >= 0.3 is 0 Å². The lowest BCUT2D eigenvalue weighted by Crippen LogP contribution is -2.26. The van der Waals surface area contributed by atoms with Crippen LogP contribution in [0.1, 0.15) is 60.1 Å². The first-order chi connectivity index (χ1) is 15.8. The van der Waals surface area contributed by atoms with E-state index >= 15 is 0 Å². The predicted molar refractivity (Wildman–Crippen MR) is 133 cm³/mol. The Balaban J connectivity index is 1.30. The number of aromatic nitrogens is 1. The summed E-state index contributed by atoms with van der Waals surface area (Å²) < 4.78 is 0. The average molecular weight is 426 g/mol. The zero-order valence-corrected chi connectivity index (χ0v) is 18.5. The van der Waals surface area contributed by atoms with E-state index < -0.39 is 0 Å². The van der Waals surface area contributed by atoms with Crippen molar-refractivity contribution in [3.63, 3.8) is 0 Å². The molecule has 32 heavy (non-hydrogen) atoms. The summed E-state index contributed by atoms with van der Waals surface area (Å²) in [7, 11) is 0. The molecule has 4 heteroatoms. The van der Waals surface area contributed by atoms with Crippen molar-refractivity contribution in [2.45, 2.75) is 38.5 Å². The molecule has 3 aromatic rings. The summed E-state index contributed by atoms with van der Waals surface area (Å²) in [5.74, 6) is 0.776. The van der Waals surface area contributed by atoms with Gasteiger partial charge in [0.2, 0.25) is 0 Å². The van der Waals surface area contributed by atoms with Crippen molar-refractivity contribution in [2.75, 3.05) is 11.9 Å². The SMILES string of the molecule is O=C(NCCC1CCCCC1)c1cccc(Nc2ccc(C=Cc3ccccn3)cc2)c1. The number of benzene rings is 2. The molecule has 1 aliphatic rings. The van der Waals surface area contributed by atoms with Crippen molar-refractivity contribution in [1.29, 1.82) is 0 Å². The molecule has 0 saturated heterocycles. The van der Waals surface area contributed by atoms with Gasteiger partial charge in [-0.15, -0.1) is 0 Å². The third kappa shape index (κ3) is 6.55. The lowest BCUT2D eigenvalue weighted by Gasteiger charge is -2.21. The van der Waals surface area contributed by atoms with E-state index in [2.05, 4.69) is 27.8 Å². The molecule has 0 bridgehead atoms. The first-order valence-corrected chi connectivity index (χ1v) is 11.6. The molecule has 0 spiro atoms. The largest absolute Gasteiger partial charge is 0.356 e. The molecule has 0 aliphatic heterocycles. The molecule has 4 nitrogen and oxygen atoms in total. The molecule has 1 saturated carbocycles. The second-order valence-electron chi connectivity index (χ2n) is 8.46. The molecular weight excluding hydrogens is 394 g/mol. The Morgan fingerprint density at radius 1 is 0.906 bits per heavy atom. The summed E-state index contributed by atoms with van der Waals surface area (Å²) in [5, 5.41) is 6.48. The Hall–Kier alpha value is -3.40. The van der Waals surface area contributed by atoms with Gasteiger partial charge in [0.25, 0.3) is 5.91 Å². The van der Waals surface area contributed by atoms with Crippen molar-refractivity contribution in [3.05, 3.63) is 89.7 Å². The fourth-order valence-corrected chi connectivity index (χ4v) is 4.21. The van der Waals surface area contributed by atoms with E-state index in [4.69, 9.17) is 0 Å². The monoisotopic (exact) mass is 425 g/mol. The number of carbonyl (C=O) groups is 1. The molecular formula is C28H31N3O. The van der Waals surface area contributed by atoms with Crippen molar-refractivity contribution in [3.8, 4) is 0 Å². The van der Waals surface area contributed by atoms with Crippen LogP contribution in [0.25, 0.3) is 12.2 Å². The number of nitrogens with one attached hydrogen (secondary N) is 2. The molecule has 1 aliphatic carbocycles. The summed E-state index contributed by atoms with van der Waals surface area (Å²) in [6.07, 6.45) is 13.6. The number of carbonyl (C=O) groups excluding carboxylic acids is 1. The topological polar surface area (TPSA) is 54.0 Å². The summed E-state index contributed by atoms with van der Waals surface area (Å²) in [6.45, 7) is 0.759. The number of pyridine rings is 1. The van der Waals surface area contributed by atoms with E-state index in [1.165, 1.54) is 32.1 Å². The number of amides is 1. The zero-order valence-electron chi connectivity index (χ0n) is 18.5. The van der Waals surface area contributed by atoms with Gasteiger partial charge in [-0.3, -0.25) is 9.78 Å². The maximum absolute atomic E-state index is 12.6. The van der Waals surface area contributed by atoms with Crippen LogP contribution in [-0.4, -0.2) is 17.4 Å². The Bertz CT molecular complexity index is 1020. The normalized spacial score (nSPS) is 14.4. The number of anilines is 2. The maximum atomic E-state index is 12.6. The van der Waals surface area contributed by atoms with E-state index in [0.29, 0.717) is 5.56 Å². The van der Waals surface area contributed by atoms with Crippen molar-refractivity contribution >= 4 is 29.4 Å². The lowest BCUT2D eigenvalue weighted by molar-refractivity contribution is 0.0950. The van der Waals surface area contributed by atoms with E-state index in [-0.39, 0.29) is 5.91 Å². The van der Waals surface area contributed by atoms with Crippen LogP contribution in [0.2, 0.25) is 0 Å². The summed E-state index contributed by atoms with van der Waals surface area (Å²) in [5.41, 5.74) is 4.61. The molecule has 0 atom stereocenters. The van der Waals surface area contributed by atoms with Crippen LogP contribution in [-0.2, 0) is 0 Å². The molecule has 1 fully saturated rings. The fourth-order valence-electron chi connectivity index (χ4n) is 4.21. The van der Waals surface area contributed by atoms with Gasteiger partial charge in [-0.25, -0.2) is 0 Å². The van der Waals surface area contributed by atoms with Crippen LogP contribution in [0, 0.1) is 5.92 Å². The quantitative estimate of drug-likeness (QED) is 0.422. The molecule has 1 aromatic heterocycles. The standard InChI is InChI=1S/C28H31N3O/c32-28(30-20-18-22-7-2-1-3-8-22)24-9-6-11-27(21-24)31-26-16-13-23(14-17-26)12-15-25-10-4-5-19-29-25/h4-6,9-17,19,21-22,31H,1-3,7-8,18,20H2,(H,30,32). The average Bonchev–Trinajstić information content (AvgIpc) is 2.85. The third-order valence-corrected chi connectivity index (χ3v) is 6.02. The minimum atomic E-state index is -0.000494. The number of hydrogen-bond acceptors (Lipinski definition) is 3. The van der Waals surface area contributed by atoms with E-state index in [1.807, 2.05) is 66.7 Å². The molecule has 164 valence electrons. The molecule has 0 unspecified atom stereocenters. The van der Waals surface area contributed by atoms with Gasteiger partial charge in [0.1, 0.15) is 0 Å². The first kappa shape index (κ1) is 21.8. The molecule has 0 radical (unpaired) electrons. The second kappa shape index (κ2) is 11.3. The van der Waals surface area contributed by atoms with Crippen LogP contribution in [0.15, 0.2) is 72.9 Å². The van der Waals surface area contributed by atoms with Crippen LogP contribution in [0.5, 0.6) is 0 Å². The third-order valence-electron chi connectivity index (χ3n) is 6.02. The van der Waals surface area contributed by atoms with Gasteiger partial charge in [-0.05, 0) is 66.4 Å². The number of nitrogens with zero attached hydrogens (tertiary/aromatic N) is 1.